The average Bonchev–Trinajstić information content (AvgIpc) is 2.76. The maximum atomic E-state index is 12.3. The number of fused-ring (bicyclic) bond motifs is 1. The molecular formula is C26H25NO4. The Balaban J connectivity index is 1.69. The molecule has 0 fully saturated rings. The SMILES string of the molecule is COc1cc(/C=C/C(=O)CC(=O)/C=C/c2ccc(N(C)C)c3ccccc23)ccc1O. The number of carbonyl (C=O) groups is 2. The molecule has 0 atom stereocenters. The number of ether oxygens (including phenoxy) is 1. The van der Waals surface area contributed by atoms with E-state index in [2.05, 4.69) is 11.0 Å². The Bertz CT molecular complexity index is 1180. The molecule has 0 aliphatic rings. The van der Waals surface area contributed by atoms with E-state index >= 15 is 0 Å². The predicted octanol–water partition coefficient (Wildman–Crippen LogP) is 4.87. The maximum absolute atomic E-state index is 12.3. The van der Waals surface area contributed by atoms with Crippen LogP contribution in [0.1, 0.15) is 17.5 Å². The number of nitrogens with zero attached hydrogens (tertiary/aromatic N) is 1. The van der Waals surface area contributed by atoms with Crippen molar-refractivity contribution in [3.8, 4) is 11.5 Å². The van der Waals surface area contributed by atoms with Crippen molar-refractivity contribution in [3.63, 3.8) is 0 Å². The first-order valence-electron chi connectivity index (χ1n) is 9.87. The first-order valence-corrected chi connectivity index (χ1v) is 9.87. The number of methoxy groups -OCH3 is 1. The zero-order valence-corrected chi connectivity index (χ0v) is 17.8. The molecule has 3 rings (SSSR count). The van der Waals surface area contributed by atoms with Crippen molar-refractivity contribution in [2.24, 2.45) is 0 Å². The van der Waals surface area contributed by atoms with Crippen LogP contribution in [0, 0.1) is 0 Å². The summed E-state index contributed by atoms with van der Waals surface area (Å²) in [4.78, 5) is 26.5. The van der Waals surface area contributed by atoms with E-state index in [1.54, 1.807) is 24.3 Å². The molecule has 1 N–H and O–H groups in total. The van der Waals surface area contributed by atoms with Gasteiger partial charge in [-0.05, 0) is 46.9 Å². The van der Waals surface area contributed by atoms with Crippen LogP contribution >= 0.6 is 0 Å². The standard InChI is InChI=1S/C26H25NO4/c1-27(2)24-14-11-19(22-6-4-5-7-23(22)24)10-13-21(29)17-20(28)12-8-18-9-15-25(30)26(16-18)31-3/h4-16,30H,17H2,1-3H3/b12-8+,13-10+. The fourth-order valence-corrected chi connectivity index (χ4v) is 3.30. The summed E-state index contributed by atoms with van der Waals surface area (Å²) >= 11 is 0. The lowest BCUT2D eigenvalue weighted by atomic mass is 10.0. The quantitative estimate of drug-likeness (QED) is 0.420. The average molecular weight is 415 g/mol. The third kappa shape index (κ3) is 5.39. The van der Waals surface area contributed by atoms with Gasteiger partial charge in [-0.15, -0.1) is 0 Å². The predicted molar refractivity (Wildman–Crippen MR) is 126 cm³/mol. The van der Waals surface area contributed by atoms with Crippen molar-refractivity contribution in [3.05, 3.63) is 77.9 Å². The Morgan fingerprint density at radius 3 is 2.29 bits per heavy atom. The minimum absolute atomic E-state index is 0.0254. The fourth-order valence-electron chi connectivity index (χ4n) is 3.30. The molecule has 3 aromatic carbocycles. The second-order valence-electron chi connectivity index (χ2n) is 7.32. The molecule has 3 aromatic rings. The van der Waals surface area contributed by atoms with Gasteiger partial charge in [0.15, 0.2) is 23.1 Å². The number of hydrogen-bond acceptors (Lipinski definition) is 5. The normalized spacial score (nSPS) is 11.3. The Morgan fingerprint density at radius 1 is 0.935 bits per heavy atom. The molecule has 0 unspecified atom stereocenters. The molecule has 0 saturated heterocycles. The molecular weight excluding hydrogens is 390 g/mol. The monoisotopic (exact) mass is 415 g/mol. The number of ketones is 2. The van der Waals surface area contributed by atoms with E-state index in [-0.39, 0.29) is 23.7 Å². The van der Waals surface area contributed by atoms with Crippen LogP contribution in [0.4, 0.5) is 5.69 Å². The third-order valence-corrected chi connectivity index (χ3v) is 4.88. The van der Waals surface area contributed by atoms with Crippen molar-refractivity contribution in [2.75, 3.05) is 26.1 Å². The van der Waals surface area contributed by atoms with Crippen molar-refractivity contribution < 1.29 is 19.4 Å². The summed E-state index contributed by atoms with van der Waals surface area (Å²) < 4.78 is 5.05. The third-order valence-electron chi connectivity index (χ3n) is 4.88. The highest BCUT2D eigenvalue weighted by Gasteiger charge is 2.08. The van der Waals surface area contributed by atoms with Gasteiger partial charge in [0.25, 0.3) is 0 Å². The summed E-state index contributed by atoms with van der Waals surface area (Å²) in [7, 11) is 5.44. The van der Waals surface area contributed by atoms with Crippen LogP contribution in [-0.4, -0.2) is 37.9 Å². The van der Waals surface area contributed by atoms with Gasteiger partial charge in [0.2, 0.25) is 0 Å². The molecule has 5 heteroatoms. The maximum Gasteiger partial charge on any atom is 0.163 e. The van der Waals surface area contributed by atoms with Gasteiger partial charge in [-0.2, -0.15) is 0 Å². The molecule has 0 aromatic heterocycles. The summed E-state index contributed by atoms with van der Waals surface area (Å²) in [6.45, 7) is 0. The minimum atomic E-state index is -0.297. The highest BCUT2D eigenvalue weighted by atomic mass is 16.5. The van der Waals surface area contributed by atoms with Gasteiger partial charge < -0.3 is 14.7 Å². The first-order chi connectivity index (χ1) is 14.9. The Kier molecular flexibility index (Phi) is 6.88. The van der Waals surface area contributed by atoms with E-state index in [1.165, 1.54) is 25.3 Å². The second kappa shape index (κ2) is 9.76. The smallest absolute Gasteiger partial charge is 0.163 e. The largest absolute Gasteiger partial charge is 0.504 e. The van der Waals surface area contributed by atoms with E-state index in [0.717, 1.165) is 22.0 Å². The van der Waals surface area contributed by atoms with Crippen LogP contribution in [0.15, 0.2) is 66.7 Å². The Morgan fingerprint density at radius 2 is 1.61 bits per heavy atom. The molecule has 0 aliphatic carbocycles. The molecule has 0 aliphatic heterocycles. The van der Waals surface area contributed by atoms with Crippen LogP contribution in [0.5, 0.6) is 11.5 Å². The summed E-state index contributed by atoms with van der Waals surface area (Å²) in [6, 6.07) is 16.8. The van der Waals surface area contributed by atoms with Gasteiger partial charge in [-0.3, -0.25) is 9.59 Å². The number of aromatic hydroxyl groups is 1. The topological polar surface area (TPSA) is 66.8 Å². The first kappa shape index (κ1) is 21.8. The molecule has 5 nitrogen and oxygen atoms in total. The van der Waals surface area contributed by atoms with Crippen molar-refractivity contribution in [1.29, 1.82) is 0 Å². The van der Waals surface area contributed by atoms with Gasteiger partial charge >= 0.3 is 0 Å². The van der Waals surface area contributed by atoms with Crippen molar-refractivity contribution in [2.45, 2.75) is 6.42 Å². The molecule has 158 valence electrons. The van der Waals surface area contributed by atoms with Crippen LogP contribution in [-0.2, 0) is 9.59 Å². The van der Waals surface area contributed by atoms with Crippen molar-refractivity contribution in [1.82, 2.24) is 0 Å². The number of phenolic OH excluding ortho intramolecular Hbond substituents is 1. The number of hydrogen-bond donors (Lipinski definition) is 1. The molecule has 0 bridgehead atoms. The van der Waals surface area contributed by atoms with E-state index in [4.69, 9.17) is 4.74 Å². The zero-order valence-electron chi connectivity index (χ0n) is 17.8. The van der Waals surface area contributed by atoms with E-state index in [9.17, 15) is 14.7 Å². The van der Waals surface area contributed by atoms with Crippen LogP contribution in [0.25, 0.3) is 22.9 Å². The summed E-state index contributed by atoms with van der Waals surface area (Å²) in [5.74, 6) is -0.216. The Hall–Kier alpha value is -3.86. The Labute approximate surface area is 181 Å². The summed E-state index contributed by atoms with van der Waals surface area (Å²) in [5, 5.41) is 11.8. The van der Waals surface area contributed by atoms with E-state index < -0.39 is 0 Å². The number of phenols is 1. The lowest BCUT2D eigenvalue weighted by Crippen LogP contribution is -2.09. The molecule has 0 radical (unpaired) electrons. The number of carbonyl (C=O) groups excluding carboxylic acids is 2. The molecule has 31 heavy (non-hydrogen) atoms. The van der Waals surface area contributed by atoms with E-state index in [0.29, 0.717) is 11.3 Å². The molecule has 0 spiro atoms. The highest BCUT2D eigenvalue weighted by Crippen LogP contribution is 2.29. The molecule has 0 heterocycles. The van der Waals surface area contributed by atoms with Gasteiger partial charge in [-0.25, -0.2) is 0 Å². The molecule has 0 amide bonds. The second-order valence-corrected chi connectivity index (χ2v) is 7.32. The van der Waals surface area contributed by atoms with Crippen LogP contribution in [0.3, 0.4) is 0 Å². The number of anilines is 1. The van der Waals surface area contributed by atoms with Gasteiger partial charge in [-0.1, -0.05) is 48.6 Å². The number of rotatable bonds is 8. The summed E-state index contributed by atoms with van der Waals surface area (Å²) in [6.07, 6.45) is 5.95. The number of allylic oxidation sites excluding steroid dienone is 2. The van der Waals surface area contributed by atoms with Crippen molar-refractivity contribution >= 4 is 40.2 Å². The highest BCUT2D eigenvalue weighted by molar-refractivity contribution is 6.11. The van der Waals surface area contributed by atoms with E-state index in [1.807, 2.05) is 44.4 Å². The van der Waals surface area contributed by atoms with Gasteiger partial charge in [0.05, 0.1) is 13.5 Å². The fraction of sp³-hybridized carbons (Fsp3) is 0.154. The minimum Gasteiger partial charge on any atom is -0.504 e. The zero-order chi connectivity index (χ0) is 22.4. The van der Waals surface area contributed by atoms with Gasteiger partial charge in [0.1, 0.15) is 0 Å². The van der Waals surface area contributed by atoms with Gasteiger partial charge in [0, 0.05) is 25.2 Å². The van der Waals surface area contributed by atoms with Crippen LogP contribution in [0.2, 0.25) is 0 Å². The lowest BCUT2D eigenvalue weighted by molar-refractivity contribution is -0.121. The number of benzene rings is 3. The molecule has 0 saturated carbocycles. The van der Waals surface area contributed by atoms with Crippen LogP contribution < -0.4 is 9.64 Å². The lowest BCUT2D eigenvalue weighted by Gasteiger charge is -2.16. The summed E-state index contributed by atoms with van der Waals surface area (Å²) in [5.41, 5.74) is 2.72.